The number of fused-ring (bicyclic) bond motifs is 1. The van der Waals surface area contributed by atoms with Gasteiger partial charge in [-0.15, -0.1) is 15.3 Å². The lowest BCUT2D eigenvalue weighted by Crippen LogP contribution is -2.35. The lowest BCUT2D eigenvalue weighted by molar-refractivity contribution is 0.428. The van der Waals surface area contributed by atoms with Crippen LogP contribution in [-0.2, 0) is 6.42 Å². The number of rotatable bonds is 3. The molecule has 112 valence electrons. The van der Waals surface area contributed by atoms with E-state index in [9.17, 15) is 0 Å². The van der Waals surface area contributed by atoms with E-state index < -0.39 is 0 Å². The molecule has 2 aromatic rings. The van der Waals surface area contributed by atoms with Gasteiger partial charge < -0.3 is 4.90 Å². The van der Waals surface area contributed by atoms with Crippen LogP contribution in [0.5, 0.6) is 0 Å². The molecule has 0 spiro atoms. The van der Waals surface area contributed by atoms with Crippen molar-refractivity contribution in [3.63, 3.8) is 0 Å². The third-order valence-corrected chi connectivity index (χ3v) is 5.17. The summed E-state index contributed by atoms with van der Waals surface area (Å²) < 4.78 is 1.92. The molecule has 5 nitrogen and oxygen atoms in total. The van der Waals surface area contributed by atoms with Gasteiger partial charge in [-0.2, -0.15) is 4.52 Å². The smallest absolute Gasteiger partial charge is 0.178 e. The SMILES string of the molecule is CCc1nnc2ccc(N3CCCC3C3CCCC3)nn12. The molecule has 0 aromatic carbocycles. The van der Waals surface area contributed by atoms with Gasteiger partial charge in [-0.1, -0.05) is 19.8 Å². The quantitative estimate of drug-likeness (QED) is 0.870. The Balaban J connectivity index is 1.67. The Labute approximate surface area is 125 Å². The van der Waals surface area contributed by atoms with Gasteiger partial charge in [-0.05, 0) is 43.7 Å². The van der Waals surface area contributed by atoms with E-state index in [4.69, 9.17) is 5.10 Å². The van der Waals surface area contributed by atoms with Crippen molar-refractivity contribution in [2.24, 2.45) is 5.92 Å². The normalized spacial score (nSPS) is 23.5. The minimum absolute atomic E-state index is 0.694. The minimum atomic E-state index is 0.694. The van der Waals surface area contributed by atoms with Crippen LogP contribution in [0.3, 0.4) is 0 Å². The minimum Gasteiger partial charge on any atom is -0.352 e. The molecule has 0 radical (unpaired) electrons. The highest BCUT2D eigenvalue weighted by Crippen LogP contribution is 2.37. The summed E-state index contributed by atoms with van der Waals surface area (Å²) in [6.07, 6.45) is 9.10. The van der Waals surface area contributed by atoms with E-state index in [1.165, 1.54) is 38.5 Å². The van der Waals surface area contributed by atoms with Crippen LogP contribution < -0.4 is 4.90 Å². The molecule has 1 saturated heterocycles. The van der Waals surface area contributed by atoms with Crippen LogP contribution in [0, 0.1) is 5.92 Å². The molecule has 1 atom stereocenters. The van der Waals surface area contributed by atoms with E-state index in [2.05, 4.69) is 34.2 Å². The number of hydrogen-bond donors (Lipinski definition) is 0. The summed E-state index contributed by atoms with van der Waals surface area (Å²) in [7, 11) is 0. The zero-order chi connectivity index (χ0) is 14.2. The molecule has 1 aliphatic carbocycles. The van der Waals surface area contributed by atoms with E-state index in [0.29, 0.717) is 6.04 Å². The molecule has 2 aromatic heterocycles. The van der Waals surface area contributed by atoms with Gasteiger partial charge in [0.05, 0.1) is 0 Å². The van der Waals surface area contributed by atoms with Crippen molar-refractivity contribution >= 4 is 11.5 Å². The molecular weight excluding hydrogens is 262 g/mol. The third-order valence-electron chi connectivity index (χ3n) is 5.17. The molecule has 21 heavy (non-hydrogen) atoms. The maximum absolute atomic E-state index is 4.83. The fourth-order valence-electron chi connectivity index (χ4n) is 4.11. The van der Waals surface area contributed by atoms with Crippen molar-refractivity contribution in [3.05, 3.63) is 18.0 Å². The third kappa shape index (κ3) is 2.19. The highest BCUT2D eigenvalue weighted by atomic mass is 15.4. The predicted molar refractivity (Wildman–Crippen MR) is 82.5 cm³/mol. The summed E-state index contributed by atoms with van der Waals surface area (Å²) in [5.41, 5.74) is 0.854. The van der Waals surface area contributed by atoms with Crippen LogP contribution in [0.2, 0.25) is 0 Å². The molecule has 4 rings (SSSR count). The van der Waals surface area contributed by atoms with Gasteiger partial charge in [0, 0.05) is 19.0 Å². The van der Waals surface area contributed by atoms with Gasteiger partial charge in [-0.3, -0.25) is 0 Å². The molecule has 2 fully saturated rings. The van der Waals surface area contributed by atoms with E-state index in [1.807, 2.05) is 4.52 Å². The Morgan fingerprint density at radius 2 is 1.95 bits per heavy atom. The van der Waals surface area contributed by atoms with Gasteiger partial charge in [0.25, 0.3) is 0 Å². The van der Waals surface area contributed by atoms with Gasteiger partial charge >= 0.3 is 0 Å². The zero-order valence-corrected chi connectivity index (χ0v) is 12.7. The number of aromatic nitrogens is 4. The summed E-state index contributed by atoms with van der Waals surface area (Å²) in [6.45, 7) is 3.24. The van der Waals surface area contributed by atoms with Crippen molar-refractivity contribution in [3.8, 4) is 0 Å². The van der Waals surface area contributed by atoms with Crippen molar-refractivity contribution in [1.82, 2.24) is 19.8 Å². The Kier molecular flexibility index (Phi) is 3.28. The average molecular weight is 285 g/mol. The lowest BCUT2D eigenvalue weighted by Gasteiger charge is -2.30. The topological polar surface area (TPSA) is 46.3 Å². The highest BCUT2D eigenvalue weighted by Gasteiger charge is 2.34. The summed E-state index contributed by atoms with van der Waals surface area (Å²) >= 11 is 0. The molecule has 0 N–H and O–H groups in total. The van der Waals surface area contributed by atoms with Crippen LogP contribution >= 0.6 is 0 Å². The number of aryl methyl sites for hydroxylation is 1. The molecule has 3 heterocycles. The standard InChI is InChI=1S/C16H23N5/c1-2-14-17-18-15-9-10-16(19-21(14)15)20-11-5-8-13(20)12-6-3-4-7-12/h9-10,12-13H,2-8,11H2,1H3. The fourth-order valence-corrected chi connectivity index (χ4v) is 4.11. The molecular formula is C16H23N5. The fraction of sp³-hybridized carbons (Fsp3) is 0.688. The Bertz CT molecular complexity index is 629. The van der Waals surface area contributed by atoms with Gasteiger partial charge in [-0.25, -0.2) is 0 Å². The summed E-state index contributed by atoms with van der Waals surface area (Å²) in [6, 6.07) is 4.87. The molecule has 1 saturated carbocycles. The van der Waals surface area contributed by atoms with Gasteiger partial charge in [0.15, 0.2) is 11.5 Å². The van der Waals surface area contributed by atoms with E-state index >= 15 is 0 Å². The van der Waals surface area contributed by atoms with E-state index in [1.54, 1.807) is 0 Å². The number of anilines is 1. The first-order valence-corrected chi connectivity index (χ1v) is 8.35. The first-order valence-electron chi connectivity index (χ1n) is 8.35. The van der Waals surface area contributed by atoms with Crippen LogP contribution in [0.1, 0.15) is 51.3 Å². The highest BCUT2D eigenvalue weighted by molar-refractivity contribution is 5.47. The van der Waals surface area contributed by atoms with E-state index in [0.717, 1.165) is 36.2 Å². The van der Waals surface area contributed by atoms with Gasteiger partial charge in [0.2, 0.25) is 0 Å². The second-order valence-corrected chi connectivity index (χ2v) is 6.38. The first kappa shape index (κ1) is 13.0. The maximum atomic E-state index is 4.83. The molecule has 1 unspecified atom stereocenters. The lowest BCUT2D eigenvalue weighted by atomic mass is 9.96. The van der Waals surface area contributed by atoms with Crippen LogP contribution in [-0.4, -0.2) is 32.4 Å². The van der Waals surface area contributed by atoms with Crippen molar-refractivity contribution in [2.45, 2.75) is 57.9 Å². The number of nitrogens with zero attached hydrogens (tertiary/aromatic N) is 5. The summed E-state index contributed by atoms with van der Waals surface area (Å²) in [4.78, 5) is 2.54. The van der Waals surface area contributed by atoms with Crippen LogP contribution in [0.4, 0.5) is 5.82 Å². The summed E-state index contributed by atoms with van der Waals surface area (Å²) in [5.74, 6) is 2.92. The molecule has 0 bridgehead atoms. The van der Waals surface area contributed by atoms with Crippen LogP contribution in [0.25, 0.3) is 5.65 Å². The Hall–Kier alpha value is -1.65. The zero-order valence-electron chi connectivity index (χ0n) is 12.7. The molecule has 1 aliphatic heterocycles. The second kappa shape index (κ2) is 5.28. The van der Waals surface area contributed by atoms with Crippen molar-refractivity contribution < 1.29 is 0 Å². The van der Waals surface area contributed by atoms with Crippen molar-refractivity contribution in [2.75, 3.05) is 11.4 Å². The van der Waals surface area contributed by atoms with Crippen LogP contribution in [0.15, 0.2) is 12.1 Å². The van der Waals surface area contributed by atoms with Crippen molar-refractivity contribution in [1.29, 1.82) is 0 Å². The first-order chi connectivity index (χ1) is 10.4. The average Bonchev–Trinajstić information content (AvgIpc) is 3.25. The summed E-state index contributed by atoms with van der Waals surface area (Å²) in [5, 5.41) is 13.2. The monoisotopic (exact) mass is 285 g/mol. The largest absolute Gasteiger partial charge is 0.352 e. The van der Waals surface area contributed by atoms with Gasteiger partial charge in [0.1, 0.15) is 5.82 Å². The Morgan fingerprint density at radius 1 is 1.10 bits per heavy atom. The maximum Gasteiger partial charge on any atom is 0.178 e. The molecule has 0 amide bonds. The number of hydrogen-bond acceptors (Lipinski definition) is 4. The second-order valence-electron chi connectivity index (χ2n) is 6.38. The van der Waals surface area contributed by atoms with E-state index in [-0.39, 0.29) is 0 Å². The molecule has 5 heteroatoms. The Morgan fingerprint density at radius 3 is 2.76 bits per heavy atom. The predicted octanol–water partition coefficient (Wildman–Crippen LogP) is 2.85. The molecule has 2 aliphatic rings.